The quantitative estimate of drug-likeness (QED) is 0.338. The molecule has 5 nitrogen and oxygen atoms in total. The van der Waals surface area contributed by atoms with Crippen LogP contribution in [0.1, 0.15) is 16.1 Å². The van der Waals surface area contributed by atoms with E-state index in [1.165, 1.54) is 17.0 Å². The molecule has 0 atom stereocenters. The Morgan fingerprint density at radius 3 is 2.44 bits per heavy atom. The molecule has 0 aliphatic rings. The summed E-state index contributed by atoms with van der Waals surface area (Å²) in [5.74, 6) is 0.688. The van der Waals surface area contributed by atoms with Crippen molar-refractivity contribution in [3.8, 4) is 11.4 Å². The average Bonchev–Trinajstić information content (AvgIpc) is 3.07. The van der Waals surface area contributed by atoms with Crippen LogP contribution >= 0.6 is 11.3 Å². The number of aromatic nitrogens is 2. The van der Waals surface area contributed by atoms with Gasteiger partial charge in [0.05, 0.1) is 10.6 Å². The minimum atomic E-state index is -0.401. The molecular weight excluding hydrogens is 358 g/mol. The molecule has 0 N–H and O–H groups in total. The van der Waals surface area contributed by atoms with Gasteiger partial charge in [0.1, 0.15) is 4.83 Å². The van der Waals surface area contributed by atoms with E-state index in [4.69, 9.17) is 9.97 Å². The first-order valence-electron chi connectivity index (χ1n) is 8.36. The van der Waals surface area contributed by atoms with Crippen LogP contribution < -0.4 is 0 Å². The fraction of sp³-hybridized carbons (Fsp3) is 0.0476. The van der Waals surface area contributed by atoms with E-state index in [0.717, 1.165) is 27.0 Å². The summed E-state index contributed by atoms with van der Waals surface area (Å²) in [4.78, 5) is 22.0. The Labute approximate surface area is 159 Å². The van der Waals surface area contributed by atoms with Crippen molar-refractivity contribution in [2.45, 2.75) is 6.92 Å². The molecule has 0 saturated heterocycles. The highest BCUT2D eigenvalue weighted by atomic mass is 32.1. The van der Waals surface area contributed by atoms with Crippen LogP contribution in [0.25, 0.3) is 33.8 Å². The third kappa shape index (κ3) is 3.61. The normalized spacial score (nSPS) is 11.3. The first kappa shape index (κ1) is 17.1. The Hall–Kier alpha value is -3.38. The number of nitro benzene ring substituents is 1. The van der Waals surface area contributed by atoms with Crippen LogP contribution in [0.5, 0.6) is 0 Å². The van der Waals surface area contributed by atoms with Gasteiger partial charge in [0.25, 0.3) is 5.69 Å². The molecule has 27 heavy (non-hydrogen) atoms. The van der Waals surface area contributed by atoms with Gasteiger partial charge in [-0.15, -0.1) is 11.3 Å². The van der Waals surface area contributed by atoms with Crippen LogP contribution in [0.15, 0.2) is 60.7 Å². The maximum absolute atomic E-state index is 10.8. The largest absolute Gasteiger partial charge is 0.269 e. The van der Waals surface area contributed by atoms with Gasteiger partial charge in [-0.3, -0.25) is 10.1 Å². The molecule has 2 aromatic carbocycles. The van der Waals surface area contributed by atoms with E-state index >= 15 is 0 Å². The third-order valence-electron chi connectivity index (χ3n) is 4.11. The van der Waals surface area contributed by atoms with Crippen molar-refractivity contribution < 1.29 is 4.92 Å². The van der Waals surface area contributed by atoms with E-state index in [1.807, 2.05) is 42.5 Å². The van der Waals surface area contributed by atoms with Gasteiger partial charge in [-0.05, 0) is 36.8 Å². The predicted octanol–water partition coefficient (Wildman–Crippen LogP) is 5.75. The van der Waals surface area contributed by atoms with Crippen LogP contribution in [-0.2, 0) is 0 Å². The van der Waals surface area contributed by atoms with Crippen molar-refractivity contribution >= 4 is 39.4 Å². The van der Waals surface area contributed by atoms with Gasteiger partial charge in [0.15, 0.2) is 5.82 Å². The van der Waals surface area contributed by atoms with Crippen LogP contribution in [0.4, 0.5) is 5.69 Å². The van der Waals surface area contributed by atoms with Crippen LogP contribution in [0.3, 0.4) is 0 Å². The number of benzene rings is 2. The molecule has 0 aliphatic heterocycles. The van der Waals surface area contributed by atoms with E-state index < -0.39 is 4.92 Å². The summed E-state index contributed by atoms with van der Waals surface area (Å²) in [6, 6.07) is 18.4. The van der Waals surface area contributed by atoms with Crippen molar-refractivity contribution in [2.75, 3.05) is 0 Å². The number of rotatable bonds is 4. The molecule has 0 aliphatic carbocycles. The monoisotopic (exact) mass is 373 g/mol. The van der Waals surface area contributed by atoms with Crippen LogP contribution in [0.2, 0.25) is 0 Å². The number of non-ortho nitro benzene ring substituents is 1. The second kappa shape index (κ2) is 7.09. The smallest absolute Gasteiger partial charge is 0.258 e. The van der Waals surface area contributed by atoms with Gasteiger partial charge in [0, 0.05) is 28.0 Å². The Kier molecular flexibility index (Phi) is 4.48. The maximum atomic E-state index is 10.8. The SMILES string of the molecule is Cc1cc2c(/C=C/c3ccc([N+](=O)[O-])cc3)nc(-c3ccccc3)nc2s1. The molecule has 0 radical (unpaired) electrons. The highest BCUT2D eigenvalue weighted by molar-refractivity contribution is 7.18. The zero-order valence-corrected chi connectivity index (χ0v) is 15.3. The second-order valence-corrected chi connectivity index (χ2v) is 7.29. The van der Waals surface area contributed by atoms with Crippen molar-refractivity contribution in [2.24, 2.45) is 0 Å². The number of thiophene rings is 1. The second-order valence-electron chi connectivity index (χ2n) is 6.06. The molecule has 4 aromatic rings. The van der Waals surface area contributed by atoms with E-state index in [2.05, 4.69) is 13.0 Å². The number of hydrogen-bond acceptors (Lipinski definition) is 5. The van der Waals surface area contributed by atoms with Gasteiger partial charge < -0.3 is 0 Å². The molecule has 0 saturated carbocycles. The Balaban J connectivity index is 1.76. The lowest BCUT2D eigenvalue weighted by Crippen LogP contribution is -1.92. The molecule has 132 valence electrons. The summed E-state index contributed by atoms with van der Waals surface area (Å²) < 4.78 is 0. The lowest BCUT2D eigenvalue weighted by molar-refractivity contribution is -0.384. The van der Waals surface area contributed by atoms with Crippen molar-refractivity contribution in [1.29, 1.82) is 0 Å². The highest BCUT2D eigenvalue weighted by Crippen LogP contribution is 2.29. The summed E-state index contributed by atoms with van der Waals surface area (Å²) in [6.45, 7) is 2.05. The standard InChI is InChI=1S/C21H15N3O2S/c1-14-13-18-19(12-9-15-7-10-17(11-8-15)24(25)26)22-20(23-21(18)27-14)16-5-3-2-4-6-16/h2-13H,1H3/b12-9+. The van der Waals surface area contributed by atoms with E-state index in [9.17, 15) is 10.1 Å². The fourth-order valence-electron chi connectivity index (χ4n) is 2.79. The van der Waals surface area contributed by atoms with Gasteiger partial charge >= 0.3 is 0 Å². The fourth-order valence-corrected chi connectivity index (χ4v) is 3.68. The maximum Gasteiger partial charge on any atom is 0.269 e. The van der Waals surface area contributed by atoms with Gasteiger partial charge in [0.2, 0.25) is 0 Å². The molecule has 0 unspecified atom stereocenters. The van der Waals surface area contributed by atoms with Crippen molar-refractivity contribution in [3.63, 3.8) is 0 Å². The summed E-state index contributed by atoms with van der Waals surface area (Å²) in [5.41, 5.74) is 2.76. The molecule has 6 heteroatoms. The predicted molar refractivity (Wildman–Crippen MR) is 110 cm³/mol. The Morgan fingerprint density at radius 2 is 1.74 bits per heavy atom. The van der Waals surface area contributed by atoms with Crippen LogP contribution in [0, 0.1) is 17.0 Å². The number of nitrogens with zero attached hydrogens (tertiary/aromatic N) is 3. The summed E-state index contributed by atoms with van der Waals surface area (Å²) >= 11 is 1.64. The minimum absolute atomic E-state index is 0.0800. The molecule has 0 amide bonds. The summed E-state index contributed by atoms with van der Waals surface area (Å²) in [6.07, 6.45) is 3.84. The minimum Gasteiger partial charge on any atom is -0.258 e. The van der Waals surface area contributed by atoms with E-state index in [0.29, 0.717) is 5.82 Å². The molecule has 4 rings (SSSR count). The molecular formula is C21H15N3O2S. The zero-order chi connectivity index (χ0) is 18.8. The van der Waals surface area contributed by atoms with E-state index in [1.54, 1.807) is 23.5 Å². The summed E-state index contributed by atoms with van der Waals surface area (Å²) in [5, 5.41) is 11.8. The average molecular weight is 373 g/mol. The highest BCUT2D eigenvalue weighted by Gasteiger charge is 2.10. The topological polar surface area (TPSA) is 68.9 Å². The van der Waals surface area contributed by atoms with Gasteiger partial charge in [-0.2, -0.15) is 0 Å². The molecule has 0 bridgehead atoms. The molecule has 0 fully saturated rings. The molecule has 0 spiro atoms. The van der Waals surface area contributed by atoms with Gasteiger partial charge in [-0.25, -0.2) is 9.97 Å². The first-order chi connectivity index (χ1) is 13.1. The van der Waals surface area contributed by atoms with Gasteiger partial charge in [-0.1, -0.05) is 36.4 Å². The number of aryl methyl sites for hydroxylation is 1. The van der Waals surface area contributed by atoms with Crippen molar-refractivity contribution in [3.05, 3.63) is 86.9 Å². The number of hydrogen-bond donors (Lipinski definition) is 0. The lowest BCUT2D eigenvalue weighted by Gasteiger charge is -2.03. The summed E-state index contributed by atoms with van der Waals surface area (Å²) in [7, 11) is 0. The van der Waals surface area contributed by atoms with E-state index in [-0.39, 0.29) is 5.69 Å². The zero-order valence-electron chi connectivity index (χ0n) is 14.5. The van der Waals surface area contributed by atoms with Crippen molar-refractivity contribution in [1.82, 2.24) is 9.97 Å². The number of fused-ring (bicyclic) bond motifs is 1. The molecule has 2 heterocycles. The first-order valence-corrected chi connectivity index (χ1v) is 9.18. The Morgan fingerprint density at radius 1 is 1.00 bits per heavy atom. The number of nitro groups is 1. The lowest BCUT2D eigenvalue weighted by atomic mass is 10.1. The third-order valence-corrected chi connectivity index (χ3v) is 5.06. The van der Waals surface area contributed by atoms with Crippen LogP contribution in [-0.4, -0.2) is 14.9 Å². The molecule has 2 aromatic heterocycles. The Bertz CT molecular complexity index is 1150.